The highest BCUT2D eigenvalue weighted by atomic mass is 16.5. The van der Waals surface area contributed by atoms with Gasteiger partial charge in [0.05, 0.1) is 23.8 Å². The van der Waals surface area contributed by atoms with Crippen LogP contribution < -0.4 is 5.32 Å². The van der Waals surface area contributed by atoms with Gasteiger partial charge in [-0.2, -0.15) is 0 Å². The molecule has 0 saturated heterocycles. The summed E-state index contributed by atoms with van der Waals surface area (Å²) >= 11 is 0. The largest absolute Gasteiger partial charge is 0.361 e. The minimum Gasteiger partial charge on any atom is -0.361 e. The van der Waals surface area contributed by atoms with Crippen LogP contribution in [0.15, 0.2) is 28.8 Å². The monoisotopic (exact) mass is 340 g/mol. The molecule has 0 unspecified atom stereocenters. The van der Waals surface area contributed by atoms with E-state index >= 15 is 0 Å². The van der Waals surface area contributed by atoms with E-state index in [1.807, 2.05) is 45.0 Å². The summed E-state index contributed by atoms with van der Waals surface area (Å²) < 4.78 is 6.83. The van der Waals surface area contributed by atoms with Gasteiger partial charge < -0.3 is 9.84 Å². The predicted octanol–water partition coefficient (Wildman–Crippen LogP) is 2.71. The van der Waals surface area contributed by atoms with Crippen LogP contribution in [0.4, 0.5) is 5.69 Å². The number of tetrazole rings is 1. The maximum atomic E-state index is 12.5. The van der Waals surface area contributed by atoms with Crippen molar-refractivity contribution in [2.75, 3.05) is 5.32 Å². The molecule has 1 amide bonds. The second-order valence-electron chi connectivity index (χ2n) is 6.11. The molecule has 1 N–H and O–H groups in total. The summed E-state index contributed by atoms with van der Waals surface area (Å²) in [6.07, 6.45) is 0.199. The van der Waals surface area contributed by atoms with Crippen molar-refractivity contribution < 1.29 is 9.32 Å². The minimum absolute atomic E-state index is 0.107. The van der Waals surface area contributed by atoms with Crippen LogP contribution in [0, 0.1) is 13.8 Å². The van der Waals surface area contributed by atoms with Crippen molar-refractivity contribution in [3.63, 3.8) is 0 Å². The minimum atomic E-state index is -0.148. The predicted molar refractivity (Wildman–Crippen MR) is 91.9 cm³/mol. The summed E-state index contributed by atoms with van der Waals surface area (Å²) in [4.78, 5) is 12.5. The number of para-hydroxylation sites is 1. The third kappa shape index (κ3) is 3.42. The van der Waals surface area contributed by atoms with Crippen molar-refractivity contribution in [2.24, 2.45) is 0 Å². The van der Waals surface area contributed by atoms with Gasteiger partial charge in [0.15, 0.2) is 5.82 Å². The first kappa shape index (κ1) is 16.8. The maximum absolute atomic E-state index is 12.5. The highest BCUT2D eigenvalue weighted by molar-refractivity contribution is 5.96. The first-order chi connectivity index (χ1) is 12.0. The molecule has 0 aliphatic rings. The Balaban J connectivity index is 1.86. The van der Waals surface area contributed by atoms with Gasteiger partial charge in [0.1, 0.15) is 5.76 Å². The highest BCUT2D eigenvalue weighted by Gasteiger charge is 2.18. The van der Waals surface area contributed by atoms with Gasteiger partial charge in [0.25, 0.3) is 0 Å². The van der Waals surface area contributed by atoms with Crippen LogP contribution in [0.3, 0.4) is 0 Å². The number of aromatic nitrogens is 5. The van der Waals surface area contributed by atoms with E-state index in [2.05, 4.69) is 26.0 Å². The topological polar surface area (TPSA) is 98.7 Å². The molecule has 0 atom stereocenters. The molecule has 3 aromatic rings. The Labute approximate surface area is 145 Å². The van der Waals surface area contributed by atoms with Gasteiger partial charge in [0.2, 0.25) is 5.91 Å². The fourth-order valence-electron chi connectivity index (χ4n) is 2.62. The molecule has 1 aromatic carbocycles. The number of rotatable bonds is 5. The maximum Gasteiger partial charge on any atom is 0.229 e. The quantitative estimate of drug-likeness (QED) is 0.767. The number of aryl methyl sites for hydroxylation is 2. The van der Waals surface area contributed by atoms with Gasteiger partial charge in [-0.1, -0.05) is 17.3 Å². The van der Waals surface area contributed by atoms with Crippen LogP contribution in [0.1, 0.15) is 36.9 Å². The van der Waals surface area contributed by atoms with Gasteiger partial charge >= 0.3 is 0 Å². The summed E-state index contributed by atoms with van der Waals surface area (Å²) in [5.41, 5.74) is 2.97. The van der Waals surface area contributed by atoms with Crippen molar-refractivity contribution in [2.45, 2.75) is 40.2 Å². The number of benzene rings is 1. The first-order valence-corrected chi connectivity index (χ1v) is 8.06. The summed E-state index contributed by atoms with van der Waals surface area (Å²) in [5.74, 6) is 1.12. The van der Waals surface area contributed by atoms with Gasteiger partial charge in [0, 0.05) is 11.1 Å². The van der Waals surface area contributed by atoms with E-state index in [0.29, 0.717) is 17.3 Å². The Bertz CT molecular complexity index is 877. The smallest absolute Gasteiger partial charge is 0.229 e. The Morgan fingerprint density at radius 2 is 2.04 bits per heavy atom. The number of anilines is 1. The third-order valence-electron chi connectivity index (χ3n) is 3.94. The normalized spacial score (nSPS) is 11.1. The molecule has 8 nitrogen and oxygen atoms in total. The molecule has 2 aromatic heterocycles. The lowest BCUT2D eigenvalue weighted by molar-refractivity contribution is -0.115. The molecule has 3 rings (SSSR count). The van der Waals surface area contributed by atoms with E-state index in [9.17, 15) is 4.79 Å². The summed E-state index contributed by atoms with van der Waals surface area (Å²) in [6.45, 7) is 7.62. The van der Waals surface area contributed by atoms with Crippen molar-refractivity contribution in [1.29, 1.82) is 0 Å². The lowest BCUT2D eigenvalue weighted by Gasteiger charge is -2.12. The van der Waals surface area contributed by atoms with Gasteiger partial charge in [-0.15, -0.1) is 5.10 Å². The summed E-state index contributed by atoms with van der Waals surface area (Å²) in [7, 11) is 0. The molecule has 0 bridgehead atoms. The van der Waals surface area contributed by atoms with E-state index in [1.54, 1.807) is 11.6 Å². The zero-order valence-electron chi connectivity index (χ0n) is 14.6. The second-order valence-corrected chi connectivity index (χ2v) is 6.11. The number of nitrogens with one attached hydrogen (secondary N) is 1. The molecule has 0 fully saturated rings. The molecule has 0 spiro atoms. The van der Waals surface area contributed by atoms with Crippen LogP contribution in [-0.2, 0) is 11.2 Å². The molecule has 0 radical (unpaired) electrons. The van der Waals surface area contributed by atoms with E-state index in [-0.39, 0.29) is 18.4 Å². The van der Waals surface area contributed by atoms with Gasteiger partial charge in [-0.3, -0.25) is 4.79 Å². The van der Waals surface area contributed by atoms with Crippen molar-refractivity contribution in [3.8, 4) is 11.4 Å². The molecule has 2 heterocycles. The summed E-state index contributed by atoms with van der Waals surface area (Å²) in [5, 5.41) is 18.7. The molecule has 25 heavy (non-hydrogen) atoms. The highest BCUT2D eigenvalue weighted by Crippen LogP contribution is 2.27. The van der Waals surface area contributed by atoms with Crippen LogP contribution >= 0.6 is 0 Å². The van der Waals surface area contributed by atoms with E-state index in [4.69, 9.17) is 4.52 Å². The van der Waals surface area contributed by atoms with Crippen molar-refractivity contribution in [3.05, 3.63) is 41.3 Å². The summed E-state index contributed by atoms with van der Waals surface area (Å²) in [6, 6.07) is 7.57. The van der Waals surface area contributed by atoms with Crippen LogP contribution in [0.2, 0.25) is 0 Å². The zero-order chi connectivity index (χ0) is 18.0. The number of hydrogen-bond donors (Lipinski definition) is 1. The average Bonchev–Trinajstić information content (AvgIpc) is 3.18. The second kappa shape index (κ2) is 6.84. The molecule has 0 saturated carbocycles. The van der Waals surface area contributed by atoms with E-state index in [0.717, 1.165) is 16.8 Å². The van der Waals surface area contributed by atoms with Crippen molar-refractivity contribution >= 4 is 11.6 Å². The fraction of sp³-hybridized carbons (Fsp3) is 0.353. The molecule has 8 heteroatoms. The van der Waals surface area contributed by atoms with Crippen LogP contribution in [0.25, 0.3) is 11.4 Å². The first-order valence-electron chi connectivity index (χ1n) is 8.06. The van der Waals surface area contributed by atoms with Crippen LogP contribution in [0.5, 0.6) is 0 Å². The average molecular weight is 340 g/mol. The van der Waals surface area contributed by atoms with Gasteiger partial charge in [-0.05, 0) is 50.3 Å². The van der Waals surface area contributed by atoms with Crippen molar-refractivity contribution in [1.82, 2.24) is 25.4 Å². The third-order valence-corrected chi connectivity index (χ3v) is 3.94. The van der Waals surface area contributed by atoms with E-state index in [1.165, 1.54) is 0 Å². The SMILES string of the molecule is Cc1noc(C)c1CC(=O)Nc1ccccc1-c1nnnn1C(C)C. The molecule has 130 valence electrons. The lowest BCUT2D eigenvalue weighted by Crippen LogP contribution is -2.16. The standard InChI is InChI=1S/C17H20N6O2/c1-10(2)23-17(19-21-22-23)13-7-5-6-8-15(13)18-16(24)9-14-11(3)20-25-12(14)4/h5-8,10H,9H2,1-4H3,(H,18,24). The number of carbonyl (C=O) groups excluding carboxylic acids is 1. The number of nitrogens with zero attached hydrogens (tertiary/aromatic N) is 5. The number of carbonyl (C=O) groups is 1. The van der Waals surface area contributed by atoms with E-state index < -0.39 is 0 Å². The fourth-order valence-corrected chi connectivity index (χ4v) is 2.62. The molecule has 0 aliphatic heterocycles. The number of amides is 1. The molecular formula is C17H20N6O2. The molecular weight excluding hydrogens is 320 g/mol. The zero-order valence-corrected chi connectivity index (χ0v) is 14.6. The lowest BCUT2D eigenvalue weighted by atomic mass is 10.1. The van der Waals surface area contributed by atoms with Gasteiger partial charge in [-0.25, -0.2) is 4.68 Å². The number of hydrogen-bond acceptors (Lipinski definition) is 6. The Morgan fingerprint density at radius 1 is 1.28 bits per heavy atom. The Kier molecular flexibility index (Phi) is 4.60. The molecule has 0 aliphatic carbocycles. The van der Waals surface area contributed by atoms with Crippen LogP contribution in [-0.4, -0.2) is 31.3 Å². The Hall–Kier alpha value is -3.03. The Morgan fingerprint density at radius 3 is 2.72 bits per heavy atom.